The molecule has 0 atom stereocenters. The zero-order valence-electron chi connectivity index (χ0n) is 15.5. The maximum absolute atomic E-state index is 13.1. The van der Waals surface area contributed by atoms with E-state index < -0.39 is 10.0 Å². The highest BCUT2D eigenvalue weighted by molar-refractivity contribution is 9.10. The standard InChI is InChI=1S/C18H19BrN4O4S/c1-4-23-11-20-21-18(23)12-7-5-6-8-14(12)22-28(24,25)17-10-16(27-3)15(26-2)9-13(17)19/h5-11,22H,4H2,1-3H3. The Morgan fingerprint density at radius 3 is 2.50 bits per heavy atom. The fraction of sp³-hybridized carbons (Fsp3) is 0.222. The summed E-state index contributed by atoms with van der Waals surface area (Å²) in [5.41, 5.74) is 1.02. The summed E-state index contributed by atoms with van der Waals surface area (Å²) in [6.45, 7) is 2.62. The first-order chi connectivity index (χ1) is 13.4. The van der Waals surface area contributed by atoms with Crippen LogP contribution in [0.3, 0.4) is 0 Å². The summed E-state index contributed by atoms with van der Waals surface area (Å²) in [7, 11) is -0.995. The van der Waals surface area contributed by atoms with Gasteiger partial charge in [-0.2, -0.15) is 0 Å². The molecule has 0 spiro atoms. The molecule has 148 valence electrons. The van der Waals surface area contributed by atoms with Crippen LogP contribution in [0, 0.1) is 0 Å². The Kier molecular flexibility index (Phi) is 5.90. The lowest BCUT2D eigenvalue weighted by Crippen LogP contribution is -2.15. The van der Waals surface area contributed by atoms with Gasteiger partial charge in [-0.25, -0.2) is 8.42 Å². The van der Waals surface area contributed by atoms with Crippen LogP contribution in [0.1, 0.15) is 6.92 Å². The zero-order valence-corrected chi connectivity index (χ0v) is 17.9. The van der Waals surface area contributed by atoms with Crippen LogP contribution in [0.4, 0.5) is 5.69 Å². The average Bonchev–Trinajstić information content (AvgIpc) is 3.16. The zero-order chi connectivity index (χ0) is 20.3. The van der Waals surface area contributed by atoms with Gasteiger partial charge in [-0.05, 0) is 41.1 Å². The average molecular weight is 467 g/mol. The third kappa shape index (κ3) is 3.83. The molecule has 10 heteroatoms. The highest BCUT2D eigenvalue weighted by Gasteiger charge is 2.23. The van der Waals surface area contributed by atoms with Crippen molar-refractivity contribution in [2.45, 2.75) is 18.4 Å². The Morgan fingerprint density at radius 1 is 1.14 bits per heavy atom. The van der Waals surface area contributed by atoms with E-state index >= 15 is 0 Å². The van der Waals surface area contributed by atoms with Crippen LogP contribution >= 0.6 is 15.9 Å². The van der Waals surface area contributed by atoms with Crippen LogP contribution in [0.15, 0.2) is 52.1 Å². The second-order valence-electron chi connectivity index (χ2n) is 5.73. The fourth-order valence-corrected chi connectivity index (χ4v) is 4.82. The number of aryl methyl sites for hydroxylation is 1. The molecule has 0 amide bonds. The summed E-state index contributed by atoms with van der Waals surface area (Å²) < 4.78 is 41.4. The van der Waals surface area contributed by atoms with E-state index in [2.05, 4.69) is 30.8 Å². The summed E-state index contributed by atoms with van der Waals surface area (Å²) in [5, 5.41) is 8.04. The second-order valence-corrected chi connectivity index (χ2v) is 8.23. The van der Waals surface area contributed by atoms with Crippen molar-refractivity contribution in [1.82, 2.24) is 14.8 Å². The van der Waals surface area contributed by atoms with Gasteiger partial charge in [0.15, 0.2) is 17.3 Å². The lowest BCUT2D eigenvalue weighted by molar-refractivity contribution is 0.353. The minimum Gasteiger partial charge on any atom is -0.493 e. The number of rotatable bonds is 7. The van der Waals surface area contributed by atoms with Crippen molar-refractivity contribution < 1.29 is 17.9 Å². The topological polar surface area (TPSA) is 95.3 Å². The Balaban J connectivity index is 2.06. The molecule has 0 aliphatic carbocycles. The molecule has 0 bridgehead atoms. The number of sulfonamides is 1. The highest BCUT2D eigenvalue weighted by Crippen LogP contribution is 2.37. The van der Waals surface area contributed by atoms with Crippen molar-refractivity contribution in [1.29, 1.82) is 0 Å². The van der Waals surface area contributed by atoms with E-state index in [0.29, 0.717) is 39.6 Å². The first kappa shape index (κ1) is 20.2. The van der Waals surface area contributed by atoms with E-state index in [0.717, 1.165) is 0 Å². The predicted octanol–water partition coefficient (Wildman–Crippen LogP) is 3.55. The largest absolute Gasteiger partial charge is 0.493 e. The van der Waals surface area contributed by atoms with Gasteiger partial charge in [0.2, 0.25) is 0 Å². The van der Waals surface area contributed by atoms with Gasteiger partial charge in [-0.1, -0.05) is 12.1 Å². The van der Waals surface area contributed by atoms with E-state index in [1.165, 1.54) is 20.3 Å². The van der Waals surface area contributed by atoms with Gasteiger partial charge < -0.3 is 14.0 Å². The number of ether oxygens (including phenoxy) is 2. The lowest BCUT2D eigenvalue weighted by atomic mass is 10.1. The van der Waals surface area contributed by atoms with Gasteiger partial charge in [0.25, 0.3) is 10.0 Å². The minimum absolute atomic E-state index is 0.0249. The van der Waals surface area contributed by atoms with Crippen LogP contribution in [0.25, 0.3) is 11.4 Å². The van der Waals surface area contributed by atoms with E-state index in [9.17, 15) is 8.42 Å². The quantitative estimate of drug-likeness (QED) is 0.571. The molecule has 2 aromatic carbocycles. The number of para-hydroxylation sites is 1. The van der Waals surface area contributed by atoms with E-state index in [-0.39, 0.29) is 4.90 Å². The maximum atomic E-state index is 13.1. The number of hydrogen-bond donors (Lipinski definition) is 1. The van der Waals surface area contributed by atoms with E-state index in [4.69, 9.17) is 9.47 Å². The van der Waals surface area contributed by atoms with Crippen molar-refractivity contribution in [2.75, 3.05) is 18.9 Å². The molecule has 3 aromatic rings. The van der Waals surface area contributed by atoms with Crippen molar-refractivity contribution in [3.8, 4) is 22.9 Å². The molecule has 0 fully saturated rings. The smallest absolute Gasteiger partial charge is 0.263 e. The van der Waals surface area contributed by atoms with Crippen molar-refractivity contribution in [2.24, 2.45) is 0 Å². The molecule has 0 aliphatic rings. The van der Waals surface area contributed by atoms with E-state index in [1.807, 2.05) is 17.6 Å². The highest BCUT2D eigenvalue weighted by atomic mass is 79.9. The molecule has 8 nitrogen and oxygen atoms in total. The fourth-order valence-electron chi connectivity index (χ4n) is 2.70. The monoisotopic (exact) mass is 466 g/mol. The van der Waals surface area contributed by atoms with Crippen LogP contribution in [0.5, 0.6) is 11.5 Å². The van der Waals surface area contributed by atoms with Gasteiger partial charge >= 0.3 is 0 Å². The Hall–Kier alpha value is -2.59. The maximum Gasteiger partial charge on any atom is 0.263 e. The van der Waals surface area contributed by atoms with Gasteiger partial charge in [0, 0.05) is 22.6 Å². The van der Waals surface area contributed by atoms with Crippen molar-refractivity contribution in [3.63, 3.8) is 0 Å². The number of halogens is 1. The molecular weight excluding hydrogens is 448 g/mol. The number of benzene rings is 2. The number of methoxy groups -OCH3 is 2. The first-order valence-corrected chi connectivity index (χ1v) is 10.6. The Morgan fingerprint density at radius 2 is 1.82 bits per heavy atom. The van der Waals surface area contributed by atoms with Crippen LogP contribution in [-0.4, -0.2) is 37.4 Å². The van der Waals surface area contributed by atoms with Crippen LogP contribution in [0.2, 0.25) is 0 Å². The number of nitrogens with one attached hydrogen (secondary N) is 1. The third-order valence-corrected chi connectivity index (χ3v) is 6.42. The van der Waals surface area contributed by atoms with Crippen molar-refractivity contribution in [3.05, 3.63) is 47.2 Å². The number of hydrogen-bond acceptors (Lipinski definition) is 6. The van der Waals surface area contributed by atoms with Crippen LogP contribution < -0.4 is 14.2 Å². The van der Waals surface area contributed by atoms with Crippen LogP contribution in [-0.2, 0) is 16.6 Å². The van der Waals surface area contributed by atoms with Crippen molar-refractivity contribution >= 4 is 31.6 Å². The molecule has 0 aliphatic heterocycles. The summed E-state index contributed by atoms with van der Waals surface area (Å²) in [4.78, 5) is 0.0249. The summed E-state index contributed by atoms with van der Waals surface area (Å²) in [6, 6.07) is 9.98. The molecule has 28 heavy (non-hydrogen) atoms. The second kappa shape index (κ2) is 8.19. The minimum atomic E-state index is -3.92. The summed E-state index contributed by atoms with van der Waals surface area (Å²) >= 11 is 3.30. The van der Waals surface area contributed by atoms with Gasteiger partial charge in [-0.3, -0.25) is 4.72 Å². The van der Waals surface area contributed by atoms with Gasteiger partial charge in [-0.15, -0.1) is 10.2 Å². The number of aromatic nitrogens is 3. The summed E-state index contributed by atoms with van der Waals surface area (Å²) in [5.74, 6) is 1.31. The molecule has 0 unspecified atom stereocenters. The molecular formula is C18H19BrN4O4S. The molecule has 3 rings (SSSR count). The molecule has 1 N–H and O–H groups in total. The number of anilines is 1. The van der Waals surface area contributed by atoms with Gasteiger partial charge in [0.1, 0.15) is 11.2 Å². The number of nitrogens with zero attached hydrogens (tertiary/aromatic N) is 3. The molecule has 1 heterocycles. The Bertz CT molecular complexity index is 1100. The Labute approximate surface area is 171 Å². The molecule has 0 saturated heterocycles. The lowest BCUT2D eigenvalue weighted by Gasteiger charge is -2.15. The van der Waals surface area contributed by atoms with Gasteiger partial charge in [0.05, 0.1) is 19.9 Å². The normalized spacial score (nSPS) is 11.3. The summed E-state index contributed by atoms with van der Waals surface area (Å²) in [6.07, 6.45) is 1.60. The van der Waals surface area contributed by atoms with E-state index in [1.54, 1.807) is 30.6 Å². The molecule has 0 radical (unpaired) electrons. The first-order valence-electron chi connectivity index (χ1n) is 8.32. The predicted molar refractivity (Wildman–Crippen MR) is 109 cm³/mol. The molecule has 0 saturated carbocycles. The molecule has 1 aromatic heterocycles. The SMILES string of the molecule is CCn1cnnc1-c1ccccc1NS(=O)(=O)c1cc(OC)c(OC)cc1Br. The third-order valence-electron chi connectivity index (χ3n) is 4.10.